The van der Waals surface area contributed by atoms with Crippen LogP contribution in [-0.2, 0) is 9.59 Å². The Balaban J connectivity index is 2.85. The van der Waals surface area contributed by atoms with Crippen LogP contribution in [0.2, 0.25) is 0 Å². The van der Waals surface area contributed by atoms with E-state index < -0.39 is 17.9 Å². The van der Waals surface area contributed by atoms with Crippen LogP contribution in [0, 0.1) is 0 Å². The second-order valence-electron chi connectivity index (χ2n) is 3.47. The molecule has 4 nitrogen and oxygen atoms in total. The van der Waals surface area contributed by atoms with Crippen LogP contribution >= 0.6 is 0 Å². The third-order valence-corrected chi connectivity index (χ3v) is 2.23. The molecule has 0 radical (unpaired) electrons. The molecule has 1 atom stereocenters. The number of carboxylic acid groups (broad SMARTS) is 1. The zero-order valence-corrected chi connectivity index (χ0v) is 9.55. The lowest BCUT2D eigenvalue weighted by atomic mass is 10.1. The number of ketones is 1. The zero-order valence-electron chi connectivity index (χ0n) is 9.55. The van der Waals surface area contributed by atoms with Gasteiger partial charge in [-0.25, -0.2) is 4.79 Å². The molecule has 0 fully saturated rings. The van der Waals surface area contributed by atoms with Gasteiger partial charge in [-0.05, 0) is 24.1 Å². The molecule has 1 aromatic carbocycles. The van der Waals surface area contributed by atoms with Crippen molar-refractivity contribution < 1.29 is 19.4 Å². The molecule has 0 aliphatic rings. The van der Waals surface area contributed by atoms with E-state index in [-0.39, 0.29) is 5.57 Å². The van der Waals surface area contributed by atoms with Crippen LogP contribution in [0.5, 0.6) is 5.75 Å². The number of ether oxygens (including phenoxy) is 1. The van der Waals surface area contributed by atoms with Crippen molar-refractivity contribution in [2.75, 3.05) is 0 Å². The van der Waals surface area contributed by atoms with Crippen molar-refractivity contribution in [3.05, 3.63) is 42.5 Å². The Labute approximate surface area is 99.5 Å². The molecular formula is C13H14O4. The summed E-state index contributed by atoms with van der Waals surface area (Å²) in [5.74, 6) is -1.56. The van der Waals surface area contributed by atoms with Gasteiger partial charge in [0, 0.05) is 0 Å². The zero-order chi connectivity index (χ0) is 12.8. The molecule has 0 heterocycles. The van der Waals surface area contributed by atoms with Gasteiger partial charge in [-0.1, -0.05) is 31.7 Å². The molecule has 0 aromatic heterocycles. The molecule has 0 aliphatic heterocycles. The minimum atomic E-state index is -1.52. The minimum Gasteiger partial charge on any atom is -0.478 e. The van der Waals surface area contributed by atoms with E-state index >= 15 is 0 Å². The molecule has 1 rings (SSSR count). The van der Waals surface area contributed by atoms with Gasteiger partial charge in [-0.2, -0.15) is 0 Å². The summed E-state index contributed by atoms with van der Waals surface area (Å²) < 4.78 is 5.15. The first kappa shape index (κ1) is 13.0. The van der Waals surface area contributed by atoms with Crippen LogP contribution in [0.25, 0.3) is 0 Å². The summed E-state index contributed by atoms with van der Waals surface area (Å²) in [4.78, 5) is 22.7. The van der Waals surface area contributed by atoms with E-state index in [0.29, 0.717) is 12.2 Å². The van der Waals surface area contributed by atoms with Gasteiger partial charge in [0.25, 0.3) is 6.10 Å². The fraction of sp³-hybridized carbons (Fsp3) is 0.231. The molecule has 4 heteroatoms. The van der Waals surface area contributed by atoms with Crippen molar-refractivity contribution in [2.24, 2.45) is 0 Å². The molecule has 0 aliphatic carbocycles. The number of carbonyl (C=O) groups excluding carboxylic acids is 1. The van der Waals surface area contributed by atoms with Crippen molar-refractivity contribution >= 4 is 11.8 Å². The standard InChI is InChI=1S/C13H14O4/c1-3-9(2)11(14)12(13(15)16)17-10-7-5-4-6-8-10/h4-8,12H,2-3H2,1H3,(H,15,16). The Kier molecular flexibility index (Phi) is 4.46. The van der Waals surface area contributed by atoms with E-state index in [2.05, 4.69) is 6.58 Å². The smallest absolute Gasteiger partial charge is 0.353 e. The number of aliphatic carboxylic acids is 1. The number of carbonyl (C=O) groups is 2. The molecular weight excluding hydrogens is 220 g/mol. The number of carboxylic acids is 1. The molecule has 0 saturated carbocycles. The Bertz CT molecular complexity index is 422. The minimum absolute atomic E-state index is 0.244. The van der Waals surface area contributed by atoms with Gasteiger partial charge >= 0.3 is 5.97 Å². The van der Waals surface area contributed by atoms with Crippen molar-refractivity contribution in [1.29, 1.82) is 0 Å². The highest BCUT2D eigenvalue weighted by Gasteiger charge is 2.29. The SMILES string of the molecule is C=C(CC)C(=O)C(Oc1ccccc1)C(=O)O. The molecule has 0 spiro atoms. The van der Waals surface area contributed by atoms with E-state index in [1.807, 2.05) is 0 Å². The molecule has 1 unspecified atom stereocenters. The largest absolute Gasteiger partial charge is 0.478 e. The third kappa shape index (κ3) is 3.45. The van der Waals surface area contributed by atoms with Gasteiger partial charge in [0.05, 0.1) is 0 Å². The van der Waals surface area contributed by atoms with Crippen LogP contribution in [0.1, 0.15) is 13.3 Å². The quantitative estimate of drug-likeness (QED) is 0.604. The Hall–Kier alpha value is -2.10. The molecule has 1 N–H and O–H groups in total. The van der Waals surface area contributed by atoms with E-state index in [1.165, 1.54) is 0 Å². The van der Waals surface area contributed by atoms with Gasteiger partial charge in [0.15, 0.2) is 0 Å². The third-order valence-electron chi connectivity index (χ3n) is 2.23. The first-order chi connectivity index (χ1) is 8.06. The second kappa shape index (κ2) is 5.84. The highest BCUT2D eigenvalue weighted by atomic mass is 16.5. The summed E-state index contributed by atoms with van der Waals surface area (Å²) in [6, 6.07) is 8.37. The molecule has 0 bridgehead atoms. The van der Waals surface area contributed by atoms with Crippen molar-refractivity contribution in [3.63, 3.8) is 0 Å². The van der Waals surface area contributed by atoms with Crippen LogP contribution < -0.4 is 4.74 Å². The first-order valence-corrected chi connectivity index (χ1v) is 5.22. The van der Waals surface area contributed by atoms with Gasteiger partial charge in [-0.15, -0.1) is 0 Å². The monoisotopic (exact) mass is 234 g/mol. The van der Waals surface area contributed by atoms with Crippen LogP contribution in [0.3, 0.4) is 0 Å². The maximum absolute atomic E-state index is 11.7. The van der Waals surface area contributed by atoms with Crippen LogP contribution in [0.15, 0.2) is 42.5 Å². The van der Waals surface area contributed by atoms with Gasteiger partial charge in [0.1, 0.15) is 5.75 Å². The first-order valence-electron chi connectivity index (χ1n) is 5.22. The average molecular weight is 234 g/mol. The molecule has 1 aromatic rings. The summed E-state index contributed by atoms with van der Waals surface area (Å²) >= 11 is 0. The summed E-state index contributed by atoms with van der Waals surface area (Å²) in [5, 5.41) is 8.96. The van der Waals surface area contributed by atoms with Gasteiger partial charge in [-0.3, -0.25) is 4.79 Å². The van der Waals surface area contributed by atoms with Crippen molar-refractivity contribution in [2.45, 2.75) is 19.4 Å². The van der Waals surface area contributed by atoms with Crippen molar-refractivity contribution in [3.8, 4) is 5.75 Å². The topological polar surface area (TPSA) is 63.6 Å². The lowest BCUT2D eigenvalue weighted by Gasteiger charge is -2.14. The predicted octanol–water partition coefficient (Wildman–Crippen LogP) is 2.05. The van der Waals surface area contributed by atoms with E-state index in [0.717, 1.165) is 0 Å². The molecule has 0 saturated heterocycles. The number of rotatable bonds is 6. The van der Waals surface area contributed by atoms with Crippen LogP contribution in [0.4, 0.5) is 0 Å². The Morgan fingerprint density at radius 2 is 1.94 bits per heavy atom. The van der Waals surface area contributed by atoms with E-state index in [1.54, 1.807) is 37.3 Å². The number of para-hydroxylation sites is 1. The number of benzene rings is 1. The van der Waals surface area contributed by atoms with Crippen LogP contribution in [-0.4, -0.2) is 23.0 Å². The number of Topliss-reactive ketones (excluding diaryl/α,β-unsaturated/α-hetero) is 1. The number of hydrogen-bond acceptors (Lipinski definition) is 3. The lowest BCUT2D eigenvalue weighted by molar-refractivity contribution is -0.149. The fourth-order valence-corrected chi connectivity index (χ4v) is 1.21. The molecule has 0 amide bonds. The van der Waals surface area contributed by atoms with E-state index in [9.17, 15) is 9.59 Å². The summed E-state index contributed by atoms with van der Waals surface area (Å²) in [7, 11) is 0. The highest BCUT2D eigenvalue weighted by molar-refractivity contribution is 6.10. The van der Waals surface area contributed by atoms with Gasteiger partial charge < -0.3 is 9.84 Å². The average Bonchev–Trinajstić information content (AvgIpc) is 2.35. The predicted molar refractivity (Wildman–Crippen MR) is 62.9 cm³/mol. The normalized spacial score (nSPS) is 11.6. The molecule has 17 heavy (non-hydrogen) atoms. The highest BCUT2D eigenvalue weighted by Crippen LogP contribution is 2.14. The summed E-state index contributed by atoms with van der Waals surface area (Å²) in [6.07, 6.45) is -1.12. The lowest BCUT2D eigenvalue weighted by Crippen LogP contribution is -2.36. The number of hydrogen-bond donors (Lipinski definition) is 1. The second-order valence-corrected chi connectivity index (χ2v) is 3.47. The maximum atomic E-state index is 11.7. The Morgan fingerprint density at radius 3 is 2.41 bits per heavy atom. The van der Waals surface area contributed by atoms with Crippen molar-refractivity contribution in [1.82, 2.24) is 0 Å². The van der Waals surface area contributed by atoms with Gasteiger partial charge in [0.2, 0.25) is 5.78 Å². The Morgan fingerprint density at radius 1 is 1.35 bits per heavy atom. The fourth-order valence-electron chi connectivity index (χ4n) is 1.21. The molecule has 90 valence electrons. The maximum Gasteiger partial charge on any atom is 0.353 e. The summed E-state index contributed by atoms with van der Waals surface area (Å²) in [6.45, 7) is 5.26. The summed E-state index contributed by atoms with van der Waals surface area (Å²) in [5.41, 5.74) is 0.244. The van der Waals surface area contributed by atoms with E-state index in [4.69, 9.17) is 9.84 Å².